The molecular weight excluding hydrogens is 264 g/mol. The fourth-order valence-electron chi connectivity index (χ4n) is 1.75. The molecule has 0 saturated carbocycles. The molecule has 1 aromatic carbocycles. The molecule has 1 aromatic rings. The van der Waals surface area contributed by atoms with Gasteiger partial charge in [0.2, 0.25) is 0 Å². The molecule has 0 aliphatic rings. The number of amides is 1. The highest BCUT2D eigenvalue weighted by molar-refractivity contribution is 6.18. The van der Waals surface area contributed by atoms with Crippen molar-refractivity contribution in [1.82, 2.24) is 10.6 Å². The van der Waals surface area contributed by atoms with Crippen LogP contribution in [-0.2, 0) is 11.3 Å². The van der Waals surface area contributed by atoms with Crippen molar-refractivity contribution in [2.24, 2.45) is 11.5 Å². The maximum absolute atomic E-state index is 11.5. The maximum Gasteiger partial charge on any atom is 0.250 e. The summed E-state index contributed by atoms with van der Waals surface area (Å²) < 4.78 is 0. The summed E-state index contributed by atoms with van der Waals surface area (Å²) >= 11 is 0. The fraction of sp³-hybridized carbons (Fsp3) is 0.312. The van der Waals surface area contributed by atoms with E-state index in [0.717, 1.165) is 36.3 Å². The molecule has 0 atom stereocenters. The summed E-state index contributed by atoms with van der Waals surface area (Å²) in [5, 5.41) is 6.21. The first-order valence-corrected chi connectivity index (χ1v) is 6.96. The Morgan fingerprint density at radius 1 is 1.33 bits per heavy atom. The predicted molar refractivity (Wildman–Crippen MR) is 86.9 cm³/mol. The maximum atomic E-state index is 11.5. The molecule has 0 spiro atoms. The van der Waals surface area contributed by atoms with E-state index >= 15 is 0 Å². The zero-order chi connectivity index (χ0) is 15.7. The summed E-state index contributed by atoms with van der Waals surface area (Å²) in [5.41, 5.74) is 13.9. The average Bonchev–Trinajstić information content (AvgIpc) is 2.44. The summed E-state index contributed by atoms with van der Waals surface area (Å²) in [6, 6.07) is 7.72. The second-order valence-corrected chi connectivity index (χ2v) is 4.86. The number of allylic oxidation sites excluding steroid dienone is 1. The van der Waals surface area contributed by atoms with E-state index in [4.69, 9.17) is 11.5 Å². The zero-order valence-corrected chi connectivity index (χ0v) is 12.5. The summed E-state index contributed by atoms with van der Waals surface area (Å²) in [6.07, 6.45) is 2.54. The van der Waals surface area contributed by atoms with E-state index in [2.05, 4.69) is 17.2 Å². The molecule has 1 rings (SSSR count). The molecule has 0 fully saturated rings. The van der Waals surface area contributed by atoms with Crippen LogP contribution in [-0.4, -0.2) is 19.0 Å². The quantitative estimate of drug-likeness (QED) is 0.404. The molecule has 0 unspecified atom stereocenters. The molecule has 5 heteroatoms. The van der Waals surface area contributed by atoms with Crippen LogP contribution in [0.25, 0.3) is 5.57 Å². The summed E-state index contributed by atoms with van der Waals surface area (Å²) in [7, 11) is 0. The van der Waals surface area contributed by atoms with E-state index in [1.54, 1.807) is 6.20 Å². The third kappa shape index (κ3) is 6.25. The minimum absolute atomic E-state index is 0.431. The second-order valence-electron chi connectivity index (χ2n) is 4.86. The van der Waals surface area contributed by atoms with Crippen LogP contribution in [0.15, 0.2) is 42.7 Å². The van der Waals surface area contributed by atoms with Gasteiger partial charge in [0, 0.05) is 18.4 Å². The van der Waals surface area contributed by atoms with E-state index in [1.807, 2.05) is 31.2 Å². The van der Waals surface area contributed by atoms with Gasteiger partial charge in [-0.3, -0.25) is 4.79 Å². The van der Waals surface area contributed by atoms with Crippen molar-refractivity contribution in [3.63, 3.8) is 0 Å². The Morgan fingerprint density at radius 2 is 2.00 bits per heavy atom. The Balaban J connectivity index is 2.72. The van der Waals surface area contributed by atoms with Gasteiger partial charge >= 0.3 is 0 Å². The van der Waals surface area contributed by atoms with Crippen molar-refractivity contribution in [3.8, 4) is 0 Å². The number of nitrogens with one attached hydrogen (secondary N) is 2. The van der Waals surface area contributed by atoms with Crippen LogP contribution >= 0.6 is 0 Å². The lowest BCUT2D eigenvalue weighted by molar-refractivity contribution is -0.112. The SMILES string of the molecule is C=C(C)N/C=C(\C(N)=O)c1ccc(CNCCCN)cc1. The van der Waals surface area contributed by atoms with Crippen LogP contribution in [0.2, 0.25) is 0 Å². The average molecular weight is 288 g/mol. The molecule has 0 saturated heterocycles. The van der Waals surface area contributed by atoms with Crippen molar-refractivity contribution in [2.45, 2.75) is 19.9 Å². The van der Waals surface area contributed by atoms with Gasteiger partial charge in [0.15, 0.2) is 0 Å². The van der Waals surface area contributed by atoms with Gasteiger partial charge in [0.1, 0.15) is 0 Å². The Kier molecular flexibility index (Phi) is 7.21. The molecule has 0 heterocycles. The number of rotatable bonds is 9. The van der Waals surface area contributed by atoms with Crippen LogP contribution < -0.4 is 22.1 Å². The van der Waals surface area contributed by atoms with Crippen molar-refractivity contribution >= 4 is 11.5 Å². The van der Waals surface area contributed by atoms with Gasteiger partial charge in [-0.2, -0.15) is 0 Å². The van der Waals surface area contributed by atoms with Crippen LogP contribution in [0.3, 0.4) is 0 Å². The van der Waals surface area contributed by atoms with Gasteiger partial charge in [-0.25, -0.2) is 0 Å². The Morgan fingerprint density at radius 3 is 2.52 bits per heavy atom. The molecular formula is C16H24N4O. The summed E-state index contributed by atoms with van der Waals surface area (Å²) in [6.45, 7) is 7.89. The smallest absolute Gasteiger partial charge is 0.250 e. The number of nitrogens with two attached hydrogens (primary N) is 2. The number of hydrogen-bond donors (Lipinski definition) is 4. The van der Waals surface area contributed by atoms with E-state index < -0.39 is 5.91 Å². The van der Waals surface area contributed by atoms with Crippen molar-refractivity contribution in [3.05, 3.63) is 53.9 Å². The molecule has 0 aliphatic heterocycles. The summed E-state index contributed by atoms with van der Waals surface area (Å²) in [5.74, 6) is -0.474. The minimum atomic E-state index is -0.474. The summed E-state index contributed by atoms with van der Waals surface area (Å²) in [4.78, 5) is 11.5. The highest BCUT2D eigenvalue weighted by atomic mass is 16.1. The van der Waals surface area contributed by atoms with Crippen molar-refractivity contribution < 1.29 is 4.79 Å². The molecule has 114 valence electrons. The third-order valence-corrected chi connectivity index (χ3v) is 2.88. The Labute approximate surface area is 126 Å². The molecule has 0 radical (unpaired) electrons. The molecule has 0 aromatic heterocycles. The number of primary amides is 1. The lowest BCUT2D eigenvalue weighted by Gasteiger charge is -2.08. The highest BCUT2D eigenvalue weighted by Crippen LogP contribution is 2.14. The predicted octanol–water partition coefficient (Wildman–Crippen LogP) is 1.07. The van der Waals surface area contributed by atoms with E-state index in [1.165, 1.54) is 0 Å². The van der Waals surface area contributed by atoms with E-state index in [0.29, 0.717) is 12.1 Å². The molecule has 0 bridgehead atoms. The largest absolute Gasteiger partial charge is 0.366 e. The first-order chi connectivity index (χ1) is 10.0. The van der Waals surface area contributed by atoms with Crippen LogP contribution in [0.1, 0.15) is 24.5 Å². The van der Waals surface area contributed by atoms with Gasteiger partial charge in [-0.05, 0) is 37.6 Å². The zero-order valence-electron chi connectivity index (χ0n) is 12.5. The normalized spacial score (nSPS) is 11.2. The number of carbonyl (C=O) groups is 1. The van der Waals surface area contributed by atoms with E-state index in [-0.39, 0.29) is 0 Å². The van der Waals surface area contributed by atoms with Crippen LogP contribution in [0.4, 0.5) is 0 Å². The van der Waals surface area contributed by atoms with Gasteiger partial charge in [-0.15, -0.1) is 0 Å². The second kappa shape index (κ2) is 8.94. The van der Waals surface area contributed by atoms with Crippen LogP contribution in [0.5, 0.6) is 0 Å². The number of hydrogen-bond acceptors (Lipinski definition) is 4. The van der Waals surface area contributed by atoms with Crippen molar-refractivity contribution in [1.29, 1.82) is 0 Å². The Hall–Kier alpha value is -2.11. The minimum Gasteiger partial charge on any atom is -0.366 e. The lowest BCUT2D eigenvalue weighted by atomic mass is 10.0. The lowest BCUT2D eigenvalue weighted by Crippen LogP contribution is -2.18. The standard InChI is InChI=1S/C16H24N4O/c1-12(2)20-11-15(16(18)21)14-6-4-13(5-7-14)10-19-9-3-8-17/h4-7,11,19-20H,1,3,8-10,17H2,2H3,(H2,18,21)/b15-11-. The first kappa shape index (κ1) is 16.9. The van der Waals surface area contributed by atoms with Gasteiger partial charge in [0.05, 0.1) is 5.57 Å². The molecule has 1 amide bonds. The molecule has 6 N–H and O–H groups in total. The topological polar surface area (TPSA) is 93.2 Å². The highest BCUT2D eigenvalue weighted by Gasteiger charge is 2.08. The monoisotopic (exact) mass is 288 g/mol. The number of benzene rings is 1. The van der Waals surface area contributed by atoms with Crippen LogP contribution in [0, 0.1) is 0 Å². The van der Waals surface area contributed by atoms with Gasteiger partial charge in [0.25, 0.3) is 5.91 Å². The fourth-order valence-corrected chi connectivity index (χ4v) is 1.75. The van der Waals surface area contributed by atoms with Gasteiger partial charge < -0.3 is 22.1 Å². The van der Waals surface area contributed by atoms with Crippen molar-refractivity contribution in [2.75, 3.05) is 13.1 Å². The Bertz CT molecular complexity index is 506. The molecule has 21 heavy (non-hydrogen) atoms. The number of carbonyl (C=O) groups excluding carboxylic acids is 1. The first-order valence-electron chi connectivity index (χ1n) is 6.96. The molecule has 5 nitrogen and oxygen atoms in total. The third-order valence-electron chi connectivity index (χ3n) is 2.88. The van der Waals surface area contributed by atoms with E-state index in [9.17, 15) is 4.79 Å². The van der Waals surface area contributed by atoms with Gasteiger partial charge in [-0.1, -0.05) is 30.8 Å². The molecule has 0 aliphatic carbocycles.